The van der Waals surface area contributed by atoms with Gasteiger partial charge in [0.15, 0.2) is 0 Å². The molecule has 0 aliphatic rings. The lowest BCUT2D eigenvalue weighted by molar-refractivity contribution is 0.102. The van der Waals surface area contributed by atoms with E-state index in [1.807, 2.05) is 0 Å². The number of pyridine rings is 1. The number of thiazole rings is 1. The molecular weight excluding hydrogens is 272 g/mol. The van der Waals surface area contributed by atoms with E-state index in [9.17, 15) is 4.79 Å². The lowest BCUT2D eigenvalue weighted by atomic mass is 10.4. The maximum atomic E-state index is 11.9. The second kappa shape index (κ2) is 5.90. The average molecular weight is 283 g/mol. The van der Waals surface area contributed by atoms with Crippen molar-refractivity contribution in [1.29, 1.82) is 0 Å². The minimum Gasteiger partial charge on any atom is -0.330 e. The maximum Gasteiger partial charge on any atom is 0.276 e. The number of halogens is 1. The van der Waals surface area contributed by atoms with Crippen LogP contribution in [-0.2, 0) is 6.42 Å². The summed E-state index contributed by atoms with van der Waals surface area (Å²) >= 11 is 7.22. The van der Waals surface area contributed by atoms with Crippen molar-refractivity contribution in [1.82, 2.24) is 9.97 Å². The average Bonchev–Trinajstić information content (AvgIpc) is 2.78. The Balaban J connectivity index is 2.07. The van der Waals surface area contributed by atoms with Crippen LogP contribution in [0.1, 0.15) is 15.5 Å². The summed E-state index contributed by atoms with van der Waals surface area (Å²) in [4.78, 5) is 20.0. The molecule has 7 heteroatoms. The molecule has 2 heterocycles. The molecule has 2 rings (SSSR count). The zero-order valence-corrected chi connectivity index (χ0v) is 11.0. The topological polar surface area (TPSA) is 80.9 Å². The molecule has 5 nitrogen and oxygen atoms in total. The molecule has 0 radical (unpaired) electrons. The first kappa shape index (κ1) is 12.9. The minimum atomic E-state index is -0.302. The van der Waals surface area contributed by atoms with Crippen LogP contribution in [0.25, 0.3) is 0 Å². The molecule has 0 spiro atoms. The summed E-state index contributed by atoms with van der Waals surface area (Å²) in [7, 11) is 0. The molecule has 0 unspecified atom stereocenters. The number of nitrogens with zero attached hydrogens (tertiary/aromatic N) is 2. The standard InChI is InChI=1S/C11H11ClN4OS/c12-7-2-4-14-9(5-7)16-11(17)8-6-18-10(15-8)1-3-13/h2,4-6H,1,3,13H2,(H,14,16,17). The predicted octanol–water partition coefficient (Wildman–Crippen LogP) is 1.94. The van der Waals surface area contributed by atoms with Gasteiger partial charge in [0.1, 0.15) is 11.5 Å². The van der Waals surface area contributed by atoms with Gasteiger partial charge in [-0.1, -0.05) is 11.6 Å². The van der Waals surface area contributed by atoms with E-state index in [1.165, 1.54) is 17.5 Å². The molecular formula is C11H11ClN4OS. The molecule has 2 aromatic heterocycles. The first-order valence-electron chi connectivity index (χ1n) is 5.26. The minimum absolute atomic E-state index is 0.302. The van der Waals surface area contributed by atoms with Crippen LogP contribution in [0.3, 0.4) is 0 Å². The molecule has 1 amide bonds. The largest absolute Gasteiger partial charge is 0.330 e. The molecule has 0 aliphatic heterocycles. The molecule has 3 N–H and O–H groups in total. The monoisotopic (exact) mass is 282 g/mol. The lowest BCUT2D eigenvalue weighted by Gasteiger charge is -2.01. The Labute approximate surface area is 113 Å². The Morgan fingerprint density at radius 1 is 1.56 bits per heavy atom. The number of rotatable bonds is 4. The van der Waals surface area contributed by atoms with Crippen molar-refractivity contribution in [3.63, 3.8) is 0 Å². The van der Waals surface area contributed by atoms with Crippen molar-refractivity contribution in [3.8, 4) is 0 Å². The zero-order chi connectivity index (χ0) is 13.0. The van der Waals surface area contributed by atoms with Crippen molar-refractivity contribution < 1.29 is 4.79 Å². The summed E-state index contributed by atoms with van der Waals surface area (Å²) < 4.78 is 0. The summed E-state index contributed by atoms with van der Waals surface area (Å²) in [6, 6.07) is 3.21. The number of nitrogens with one attached hydrogen (secondary N) is 1. The van der Waals surface area contributed by atoms with E-state index in [2.05, 4.69) is 15.3 Å². The highest BCUT2D eigenvalue weighted by Gasteiger charge is 2.11. The Hall–Kier alpha value is -1.50. The second-order valence-corrected chi connectivity index (χ2v) is 4.86. The number of nitrogens with two attached hydrogens (primary N) is 1. The van der Waals surface area contributed by atoms with E-state index in [4.69, 9.17) is 17.3 Å². The third-order valence-corrected chi connectivity index (χ3v) is 3.25. The smallest absolute Gasteiger partial charge is 0.276 e. The second-order valence-electron chi connectivity index (χ2n) is 3.48. The van der Waals surface area contributed by atoms with E-state index >= 15 is 0 Å². The van der Waals surface area contributed by atoms with Crippen LogP contribution in [0.5, 0.6) is 0 Å². The first-order valence-corrected chi connectivity index (χ1v) is 6.52. The summed E-state index contributed by atoms with van der Waals surface area (Å²) in [5.41, 5.74) is 5.79. The molecule has 0 atom stereocenters. The fourth-order valence-electron chi connectivity index (χ4n) is 1.31. The van der Waals surface area contributed by atoms with Gasteiger partial charge < -0.3 is 11.1 Å². The number of hydrogen-bond acceptors (Lipinski definition) is 5. The van der Waals surface area contributed by atoms with Crippen molar-refractivity contribution >= 4 is 34.7 Å². The number of hydrogen-bond donors (Lipinski definition) is 2. The van der Waals surface area contributed by atoms with Gasteiger partial charge in [0, 0.05) is 23.0 Å². The molecule has 0 fully saturated rings. The maximum absolute atomic E-state index is 11.9. The summed E-state index contributed by atoms with van der Waals surface area (Å²) in [5.74, 6) is 0.102. The van der Waals surface area contributed by atoms with Crippen LogP contribution in [0, 0.1) is 0 Å². The van der Waals surface area contributed by atoms with Gasteiger partial charge in [-0.05, 0) is 18.7 Å². The number of carbonyl (C=O) groups is 1. The van der Waals surface area contributed by atoms with Gasteiger partial charge in [-0.2, -0.15) is 0 Å². The lowest BCUT2D eigenvalue weighted by Crippen LogP contribution is -2.13. The van der Waals surface area contributed by atoms with Crippen LogP contribution >= 0.6 is 22.9 Å². The van der Waals surface area contributed by atoms with Gasteiger partial charge in [-0.15, -0.1) is 11.3 Å². The fraction of sp³-hybridized carbons (Fsp3) is 0.182. The van der Waals surface area contributed by atoms with E-state index in [-0.39, 0.29) is 5.91 Å². The SMILES string of the molecule is NCCc1nc(C(=O)Nc2cc(Cl)ccn2)cs1. The highest BCUT2D eigenvalue weighted by molar-refractivity contribution is 7.09. The molecule has 0 aliphatic carbocycles. The number of aromatic nitrogens is 2. The van der Waals surface area contributed by atoms with E-state index in [0.717, 1.165) is 5.01 Å². The van der Waals surface area contributed by atoms with E-state index in [0.29, 0.717) is 29.5 Å². The molecule has 0 aromatic carbocycles. The molecule has 0 saturated heterocycles. The summed E-state index contributed by atoms with van der Waals surface area (Å²) in [6.45, 7) is 0.518. The highest BCUT2D eigenvalue weighted by Crippen LogP contribution is 2.14. The zero-order valence-electron chi connectivity index (χ0n) is 9.39. The Morgan fingerprint density at radius 3 is 3.11 bits per heavy atom. The van der Waals surface area contributed by atoms with Gasteiger partial charge in [0.25, 0.3) is 5.91 Å². The summed E-state index contributed by atoms with van der Waals surface area (Å²) in [5, 5.41) is 5.70. The Bertz CT molecular complexity index is 557. The van der Waals surface area contributed by atoms with Crippen molar-refractivity contribution in [2.45, 2.75) is 6.42 Å². The molecule has 0 bridgehead atoms. The van der Waals surface area contributed by atoms with Gasteiger partial charge in [0.2, 0.25) is 0 Å². The third kappa shape index (κ3) is 3.25. The summed E-state index contributed by atoms with van der Waals surface area (Å²) in [6.07, 6.45) is 2.20. The van der Waals surface area contributed by atoms with Crippen LogP contribution < -0.4 is 11.1 Å². The number of anilines is 1. The normalized spacial score (nSPS) is 10.3. The number of carbonyl (C=O) groups excluding carboxylic acids is 1. The van der Waals surface area contributed by atoms with Crippen LogP contribution in [0.15, 0.2) is 23.7 Å². The molecule has 18 heavy (non-hydrogen) atoms. The van der Waals surface area contributed by atoms with Crippen molar-refractivity contribution in [2.75, 3.05) is 11.9 Å². The van der Waals surface area contributed by atoms with E-state index < -0.39 is 0 Å². The molecule has 94 valence electrons. The predicted molar refractivity (Wildman–Crippen MR) is 72.1 cm³/mol. The molecule has 2 aromatic rings. The highest BCUT2D eigenvalue weighted by atomic mass is 35.5. The van der Waals surface area contributed by atoms with Gasteiger partial charge in [-0.3, -0.25) is 4.79 Å². The van der Waals surface area contributed by atoms with Gasteiger partial charge in [0.05, 0.1) is 5.01 Å². The van der Waals surface area contributed by atoms with Crippen molar-refractivity contribution in [3.05, 3.63) is 39.4 Å². The van der Waals surface area contributed by atoms with Crippen LogP contribution in [-0.4, -0.2) is 22.4 Å². The first-order chi connectivity index (χ1) is 8.69. The van der Waals surface area contributed by atoms with E-state index in [1.54, 1.807) is 17.5 Å². The Morgan fingerprint density at radius 2 is 2.39 bits per heavy atom. The fourth-order valence-corrected chi connectivity index (χ4v) is 2.26. The molecule has 0 saturated carbocycles. The quantitative estimate of drug-likeness (QED) is 0.898. The van der Waals surface area contributed by atoms with Gasteiger partial charge >= 0.3 is 0 Å². The Kier molecular flexibility index (Phi) is 4.24. The number of amides is 1. The van der Waals surface area contributed by atoms with Gasteiger partial charge in [-0.25, -0.2) is 9.97 Å². The van der Waals surface area contributed by atoms with Crippen LogP contribution in [0.2, 0.25) is 5.02 Å². The van der Waals surface area contributed by atoms with Crippen molar-refractivity contribution in [2.24, 2.45) is 5.73 Å². The third-order valence-electron chi connectivity index (χ3n) is 2.11. The van der Waals surface area contributed by atoms with Crippen LogP contribution in [0.4, 0.5) is 5.82 Å².